The van der Waals surface area contributed by atoms with Crippen LogP contribution in [-0.4, -0.2) is 28.3 Å². The SMILES string of the molecule is O=C(Cl)C1CCN(c2ncccn2)CC1. The molecule has 1 aromatic heterocycles. The Bertz CT molecular complexity index is 336. The Kier molecular flexibility index (Phi) is 3.16. The van der Waals surface area contributed by atoms with Crippen molar-refractivity contribution in [3.8, 4) is 0 Å². The highest BCUT2D eigenvalue weighted by Crippen LogP contribution is 2.21. The molecular weight excluding hydrogens is 214 g/mol. The Morgan fingerprint density at radius 2 is 1.93 bits per heavy atom. The Hall–Kier alpha value is -1.16. The number of carbonyl (C=O) groups excluding carboxylic acids is 1. The van der Waals surface area contributed by atoms with Crippen LogP contribution in [0.4, 0.5) is 5.95 Å². The van der Waals surface area contributed by atoms with Crippen LogP contribution < -0.4 is 4.90 Å². The highest BCUT2D eigenvalue weighted by atomic mass is 35.5. The fourth-order valence-corrected chi connectivity index (χ4v) is 1.98. The van der Waals surface area contributed by atoms with Crippen LogP contribution in [0.25, 0.3) is 0 Å². The molecule has 80 valence electrons. The monoisotopic (exact) mass is 225 g/mol. The van der Waals surface area contributed by atoms with Gasteiger partial charge < -0.3 is 4.90 Å². The molecule has 0 unspecified atom stereocenters. The van der Waals surface area contributed by atoms with Crippen molar-refractivity contribution in [2.75, 3.05) is 18.0 Å². The molecule has 1 saturated heterocycles. The molecule has 0 bridgehead atoms. The number of hydrogen-bond acceptors (Lipinski definition) is 4. The highest BCUT2D eigenvalue weighted by Gasteiger charge is 2.24. The lowest BCUT2D eigenvalue weighted by atomic mass is 9.99. The van der Waals surface area contributed by atoms with Crippen LogP contribution in [0.15, 0.2) is 18.5 Å². The predicted octanol–water partition coefficient (Wildman–Crippen LogP) is 1.46. The van der Waals surface area contributed by atoms with Crippen molar-refractivity contribution in [3.05, 3.63) is 18.5 Å². The van der Waals surface area contributed by atoms with Gasteiger partial charge >= 0.3 is 0 Å². The first-order valence-electron chi connectivity index (χ1n) is 4.98. The van der Waals surface area contributed by atoms with Crippen molar-refractivity contribution in [1.82, 2.24) is 9.97 Å². The molecule has 0 aromatic carbocycles. The molecule has 1 fully saturated rings. The number of halogens is 1. The summed E-state index contributed by atoms with van der Waals surface area (Å²) in [6.07, 6.45) is 5.03. The van der Waals surface area contributed by atoms with E-state index in [0.717, 1.165) is 31.9 Å². The van der Waals surface area contributed by atoms with Gasteiger partial charge in [0.25, 0.3) is 0 Å². The van der Waals surface area contributed by atoms with Crippen molar-refractivity contribution < 1.29 is 4.79 Å². The quantitative estimate of drug-likeness (QED) is 0.715. The molecule has 0 aliphatic carbocycles. The van der Waals surface area contributed by atoms with Crippen molar-refractivity contribution in [2.24, 2.45) is 5.92 Å². The fraction of sp³-hybridized carbons (Fsp3) is 0.500. The van der Waals surface area contributed by atoms with Crippen molar-refractivity contribution in [2.45, 2.75) is 12.8 Å². The molecule has 0 radical (unpaired) electrons. The van der Waals surface area contributed by atoms with Crippen LogP contribution in [0.5, 0.6) is 0 Å². The summed E-state index contributed by atoms with van der Waals surface area (Å²) in [5, 5.41) is -0.219. The third-order valence-electron chi connectivity index (χ3n) is 2.65. The summed E-state index contributed by atoms with van der Waals surface area (Å²) < 4.78 is 0. The van der Waals surface area contributed by atoms with Gasteiger partial charge in [-0.05, 0) is 30.5 Å². The molecule has 15 heavy (non-hydrogen) atoms. The van der Waals surface area contributed by atoms with Gasteiger partial charge in [0.1, 0.15) is 0 Å². The summed E-state index contributed by atoms with van der Waals surface area (Å²) in [4.78, 5) is 21.4. The second kappa shape index (κ2) is 4.57. The summed E-state index contributed by atoms with van der Waals surface area (Å²) in [7, 11) is 0. The lowest BCUT2D eigenvalue weighted by molar-refractivity contribution is -0.115. The van der Waals surface area contributed by atoms with Gasteiger partial charge in [-0.25, -0.2) is 9.97 Å². The zero-order chi connectivity index (χ0) is 10.7. The molecule has 1 aliphatic rings. The number of hydrogen-bond donors (Lipinski definition) is 0. The van der Waals surface area contributed by atoms with E-state index in [2.05, 4.69) is 14.9 Å². The second-order valence-electron chi connectivity index (χ2n) is 3.61. The van der Waals surface area contributed by atoms with Crippen molar-refractivity contribution in [3.63, 3.8) is 0 Å². The lowest BCUT2D eigenvalue weighted by Crippen LogP contribution is -2.36. The van der Waals surface area contributed by atoms with Crippen molar-refractivity contribution >= 4 is 22.8 Å². The summed E-state index contributed by atoms with van der Waals surface area (Å²) in [5.41, 5.74) is 0. The Labute approximate surface area is 93.3 Å². The first-order valence-corrected chi connectivity index (χ1v) is 5.36. The molecule has 0 saturated carbocycles. The van der Waals surface area contributed by atoms with E-state index in [1.54, 1.807) is 18.5 Å². The minimum Gasteiger partial charge on any atom is -0.341 e. The van der Waals surface area contributed by atoms with Gasteiger partial charge in [0.05, 0.1) is 0 Å². The Morgan fingerprint density at radius 1 is 1.33 bits per heavy atom. The normalized spacial score (nSPS) is 17.8. The zero-order valence-electron chi connectivity index (χ0n) is 8.27. The molecule has 2 heterocycles. The van der Waals surface area contributed by atoms with Gasteiger partial charge in [0.15, 0.2) is 0 Å². The van der Waals surface area contributed by atoms with Gasteiger partial charge in [-0.1, -0.05) is 0 Å². The number of carbonyl (C=O) groups is 1. The third kappa shape index (κ3) is 2.45. The number of anilines is 1. The summed E-state index contributed by atoms with van der Waals surface area (Å²) >= 11 is 5.46. The average molecular weight is 226 g/mol. The van der Waals surface area contributed by atoms with Crippen LogP contribution in [-0.2, 0) is 4.79 Å². The minimum absolute atomic E-state index is 0.00614. The molecule has 2 rings (SSSR count). The summed E-state index contributed by atoms with van der Waals surface area (Å²) in [6.45, 7) is 1.60. The van der Waals surface area contributed by atoms with Gasteiger partial charge in [0.2, 0.25) is 11.2 Å². The smallest absolute Gasteiger partial charge is 0.225 e. The molecule has 0 amide bonds. The number of aromatic nitrogens is 2. The van der Waals surface area contributed by atoms with E-state index >= 15 is 0 Å². The fourth-order valence-electron chi connectivity index (χ4n) is 1.76. The van der Waals surface area contributed by atoms with E-state index < -0.39 is 0 Å². The van der Waals surface area contributed by atoms with Crippen molar-refractivity contribution in [1.29, 1.82) is 0 Å². The molecular formula is C10H12ClN3O. The Morgan fingerprint density at radius 3 is 2.47 bits per heavy atom. The molecule has 1 aromatic rings. The second-order valence-corrected chi connectivity index (χ2v) is 3.99. The van der Waals surface area contributed by atoms with Crippen LogP contribution in [0.2, 0.25) is 0 Å². The van der Waals surface area contributed by atoms with E-state index in [1.165, 1.54) is 0 Å². The molecule has 5 heteroatoms. The van der Waals surface area contributed by atoms with Gasteiger partial charge in [0, 0.05) is 31.4 Å². The van der Waals surface area contributed by atoms with Crippen LogP contribution in [0, 0.1) is 5.92 Å². The van der Waals surface area contributed by atoms with E-state index in [1.807, 2.05) is 0 Å². The molecule has 0 spiro atoms. The zero-order valence-corrected chi connectivity index (χ0v) is 9.02. The summed E-state index contributed by atoms with van der Waals surface area (Å²) in [6, 6.07) is 1.79. The van der Waals surface area contributed by atoms with Gasteiger partial charge in [-0.3, -0.25) is 4.79 Å². The number of piperidine rings is 1. The van der Waals surface area contributed by atoms with E-state index in [9.17, 15) is 4.79 Å². The maximum Gasteiger partial charge on any atom is 0.225 e. The maximum atomic E-state index is 11.0. The molecule has 1 aliphatic heterocycles. The Balaban J connectivity index is 1.97. The highest BCUT2D eigenvalue weighted by molar-refractivity contribution is 6.64. The van der Waals surface area contributed by atoms with E-state index in [0.29, 0.717) is 0 Å². The molecule has 0 N–H and O–H groups in total. The number of rotatable bonds is 2. The average Bonchev–Trinajstić information content (AvgIpc) is 2.30. The topological polar surface area (TPSA) is 46.1 Å². The molecule has 4 nitrogen and oxygen atoms in total. The van der Waals surface area contributed by atoms with Crippen LogP contribution in [0.3, 0.4) is 0 Å². The standard InChI is InChI=1S/C10H12ClN3O/c11-9(15)8-2-6-14(7-3-8)10-12-4-1-5-13-10/h1,4-5,8H,2-3,6-7H2. The van der Waals surface area contributed by atoms with Crippen LogP contribution >= 0.6 is 11.6 Å². The first-order chi connectivity index (χ1) is 7.27. The lowest BCUT2D eigenvalue weighted by Gasteiger charge is -2.30. The minimum atomic E-state index is -0.219. The third-order valence-corrected chi connectivity index (χ3v) is 2.96. The first kappa shape index (κ1) is 10.4. The molecule has 0 atom stereocenters. The predicted molar refractivity (Wildman–Crippen MR) is 57.8 cm³/mol. The van der Waals surface area contributed by atoms with Crippen LogP contribution in [0.1, 0.15) is 12.8 Å². The maximum absolute atomic E-state index is 11.0. The van der Waals surface area contributed by atoms with Gasteiger partial charge in [-0.15, -0.1) is 0 Å². The van der Waals surface area contributed by atoms with E-state index in [-0.39, 0.29) is 11.2 Å². The van der Waals surface area contributed by atoms with E-state index in [4.69, 9.17) is 11.6 Å². The summed E-state index contributed by atoms with van der Waals surface area (Å²) in [5.74, 6) is 0.740. The largest absolute Gasteiger partial charge is 0.341 e. The number of nitrogens with zero attached hydrogens (tertiary/aromatic N) is 3. The van der Waals surface area contributed by atoms with Gasteiger partial charge in [-0.2, -0.15) is 0 Å².